The van der Waals surface area contributed by atoms with E-state index in [9.17, 15) is 4.79 Å². The van der Waals surface area contributed by atoms with E-state index < -0.39 is 0 Å². The second kappa shape index (κ2) is 6.38. The van der Waals surface area contributed by atoms with Crippen LogP contribution in [0.4, 0.5) is 5.69 Å². The minimum atomic E-state index is -0.283. The molecule has 1 aromatic carbocycles. The SMILES string of the molecule is CCOC(=O)c1cccc(NC(C)c2ccsc2)c1. The molecule has 3 nitrogen and oxygen atoms in total. The van der Waals surface area contributed by atoms with Crippen LogP contribution in [0.5, 0.6) is 0 Å². The van der Waals surface area contributed by atoms with Crippen LogP contribution in [0.1, 0.15) is 35.8 Å². The molecule has 100 valence electrons. The Morgan fingerprint density at radius 3 is 2.95 bits per heavy atom. The summed E-state index contributed by atoms with van der Waals surface area (Å²) in [5, 5.41) is 7.56. The first-order chi connectivity index (χ1) is 9.20. The van der Waals surface area contributed by atoms with Gasteiger partial charge in [0.25, 0.3) is 0 Å². The third kappa shape index (κ3) is 3.58. The third-order valence-corrected chi connectivity index (χ3v) is 3.50. The van der Waals surface area contributed by atoms with Gasteiger partial charge in [-0.2, -0.15) is 11.3 Å². The van der Waals surface area contributed by atoms with Gasteiger partial charge < -0.3 is 10.1 Å². The molecule has 0 amide bonds. The van der Waals surface area contributed by atoms with E-state index in [4.69, 9.17) is 4.74 Å². The number of carbonyl (C=O) groups is 1. The molecule has 0 aliphatic heterocycles. The molecular weight excluding hydrogens is 258 g/mol. The highest BCUT2D eigenvalue weighted by atomic mass is 32.1. The Hall–Kier alpha value is -1.81. The van der Waals surface area contributed by atoms with Crippen LogP contribution in [0.15, 0.2) is 41.1 Å². The predicted octanol–water partition coefficient (Wildman–Crippen LogP) is 4.10. The standard InChI is InChI=1S/C15H17NO2S/c1-3-18-15(17)12-5-4-6-14(9-12)16-11(2)13-7-8-19-10-13/h4-11,16H,3H2,1-2H3. The van der Waals surface area contributed by atoms with Gasteiger partial charge in [-0.05, 0) is 54.4 Å². The summed E-state index contributed by atoms with van der Waals surface area (Å²) in [7, 11) is 0. The molecule has 0 saturated carbocycles. The van der Waals surface area contributed by atoms with E-state index in [1.807, 2.05) is 18.2 Å². The quantitative estimate of drug-likeness (QED) is 0.835. The average molecular weight is 275 g/mol. The Balaban J connectivity index is 2.09. The van der Waals surface area contributed by atoms with E-state index in [0.29, 0.717) is 12.2 Å². The van der Waals surface area contributed by atoms with Crippen molar-refractivity contribution in [1.82, 2.24) is 0 Å². The maximum Gasteiger partial charge on any atom is 0.338 e. The summed E-state index contributed by atoms with van der Waals surface area (Å²) in [5.41, 5.74) is 2.74. The molecule has 4 heteroatoms. The summed E-state index contributed by atoms with van der Waals surface area (Å²) in [6.07, 6.45) is 0. The molecule has 1 unspecified atom stereocenters. The fourth-order valence-corrected chi connectivity index (χ4v) is 2.56. The first kappa shape index (κ1) is 13.6. The minimum Gasteiger partial charge on any atom is -0.462 e. The van der Waals surface area contributed by atoms with Crippen molar-refractivity contribution in [1.29, 1.82) is 0 Å². The lowest BCUT2D eigenvalue weighted by molar-refractivity contribution is 0.0526. The van der Waals surface area contributed by atoms with Gasteiger partial charge in [-0.15, -0.1) is 0 Å². The number of rotatable bonds is 5. The van der Waals surface area contributed by atoms with Crippen LogP contribution in [0.3, 0.4) is 0 Å². The van der Waals surface area contributed by atoms with E-state index in [-0.39, 0.29) is 12.0 Å². The van der Waals surface area contributed by atoms with Gasteiger partial charge in [0.15, 0.2) is 0 Å². The van der Waals surface area contributed by atoms with Crippen LogP contribution in [-0.4, -0.2) is 12.6 Å². The van der Waals surface area contributed by atoms with E-state index in [1.54, 1.807) is 24.3 Å². The fraction of sp³-hybridized carbons (Fsp3) is 0.267. The summed E-state index contributed by atoms with van der Waals surface area (Å²) >= 11 is 1.68. The van der Waals surface area contributed by atoms with Crippen molar-refractivity contribution in [3.8, 4) is 0 Å². The van der Waals surface area contributed by atoms with Crippen LogP contribution in [0.2, 0.25) is 0 Å². The normalized spacial score (nSPS) is 11.9. The molecule has 19 heavy (non-hydrogen) atoms. The zero-order valence-electron chi connectivity index (χ0n) is 11.1. The first-order valence-electron chi connectivity index (χ1n) is 6.26. The molecule has 1 heterocycles. The molecule has 2 rings (SSSR count). The smallest absolute Gasteiger partial charge is 0.338 e. The van der Waals surface area contributed by atoms with E-state index in [0.717, 1.165) is 5.69 Å². The molecule has 0 radical (unpaired) electrons. The molecule has 0 aliphatic carbocycles. The Labute approximate surface area is 117 Å². The lowest BCUT2D eigenvalue weighted by atomic mass is 10.1. The lowest BCUT2D eigenvalue weighted by Crippen LogP contribution is -2.08. The van der Waals surface area contributed by atoms with Crippen molar-refractivity contribution in [3.63, 3.8) is 0 Å². The van der Waals surface area contributed by atoms with Crippen LogP contribution in [0.25, 0.3) is 0 Å². The number of hydrogen-bond donors (Lipinski definition) is 1. The molecule has 0 bridgehead atoms. The van der Waals surface area contributed by atoms with Gasteiger partial charge in [-0.1, -0.05) is 6.07 Å². The number of hydrogen-bond acceptors (Lipinski definition) is 4. The summed E-state index contributed by atoms with van der Waals surface area (Å²) in [6, 6.07) is 9.70. The Bertz CT molecular complexity index is 537. The third-order valence-electron chi connectivity index (χ3n) is 2.80. The number of ether oxygens (including phenoxy) is 1. The molecule has 1 N–H and O–H groups in total. The van der Waals surface area contributed by atoms with Gasteiger partial charge in [0.05, 0.1) is 12.2 Å². The highest BCUT2D eigenvalue weighted by Gasteiger charge is 2.09. The minimum absolute atomic E-state index is 0.212. The second-order valence-corrected chi connectivity index (χ2v) is 5.00. The van der Waals surface area contributed by atoms with E-state index >= 15 is 0 Å². The highest BCUT2D eigenvalue weighted by molar-refractivity contribution is 7.07. The lowest BCUT2D eigenvalue weighted by Gasteiger charge is -2.14. The maximum atomic E-state index is 11.7. The number of carbonyl (C=O) groups excluding carboxylic acids is 1. The fourth-order valence-electron chi connectivity index (χ4n) is 1.81. The molecule has 1 aromatic heterocycles. The number of benzene rings is 1. The first-order valence-corrected chi connectivity index (χ1v) is 7.20. The van der Waals surface area contributed by atoms with Crippen LogP contribution in [-0.2, 0) is 4.74 Å². The van der Waals surface area contributed by atoms with Crippen molar-refractivity contribution >= 4 is 23.0 Å². The highest BCUT2D eigenvalue weighted by Crippen LogP contribution is 2.22. The number of esters is 1. The Morgan fingerprint density at radius 2 is 2.26 bits per heavy atom. The molecule has 0 saturated heterocycles. The van der Waals surface area contributed by atoms with Gasteiger partial charge >= 0.3 is 5.97 Å². The van der Waals surface area contributed by atoms with Crippen molar-refractivity contribution in [3.05, 3.63) is 52.2 Å². The number of thiophene rings is 1. The van der Waals surface area contributed by atoms with Gasteiger partial charge in [0.1, 0.15) is 0 Å². The van der Waals surface area contributed by atoms with Gasteiger partial charge in [-0.3, -0.25) is 0 Å². The van der Waals surface area contributed by atoms with Gasteiger partial charge in [0.2, 0.25) is 0 Å². The van der Waals surface area contributed by atoms with Crippen molar-refractivity contribution < 1.29 is 9.53 Å². The summed E-state index contributed by atoms with van der Waals surface area (Å²) in [6.45, 7) is 4.29. The van der Waals surface area contributed by atoms with Crippen LogP contribution in [0, 0.1) is 0 Å². The average Bonchev–Trinajstić information content (AvgIpc) is 2.93. The summed E-state index contributed by atoms with van der Waals surface area (Å²) in [4.78, 5) is 11.7. The van der Waals surface area contributed by atoms with E-state index in [1.165, 1.54) is 5.56 Å². The Morgan fingerprint density at radius 1 is 1.42 bits per heavy atom. The number of nitrogens with one attached hydrogen (secondary N) is 1. The topological polar surface area (TPSA) is 38.3 Å². The molecule has 0 aliphatic rings. The molecule has 0 fully saturated rings. The summed E-state index contributed by atoms with van der Waals surface area (Å²) in [5.74, 6) is -0.283. The van der Waals surface area contributed by atoms with Crippen LogP contribution >= 0.6 is 11.3 Å². The monoisotopic (exact) mass is 275 g/mol. The molecule has 2 aromatic rings. The van der Waals surface area contributed by atoms with Crippen molar-refractivity contribution in [2.24, 2.45) is 0 Å². The van der Waals surface area contributed by atoms with E-state index in [2.05, 4.69) is 29.1 Å². The molecule has 1 atom stereocenters. The zero-order valence-corrected chi connectivity index (χ0v) is 11.9. The zero-order chi connectivity index (χ0) is 13.7. The number of anilines is 1. The predicted molar refractivity (Wildman–Crippen MR) is 78.8 cm³/mol. The second-order valence-electron chi connectivity index (χ2n) is 4.22. The Kier molecular flexibility index (Phi) is 4.58. The van der Waals surface area contributed by atoms with Crippen molar-refractivity contribution in [2.75, 3.05) is 11.9 Å². The molecular formula is C15H17NO2S. The van der Waals surface area contributed by atoms with Gasteiger partial charge in [-0.25, -0.2) is 4.79 Å². The largest absolute Gasteiger partial charge is 0.462 e. The van der Waals surface area contributed by atoms with Gasteiger partial charge in [0, 0.05) is 11.7 Å². The molecule has 0 spiro atoms. The summed E-state index contributed by atoms with van der Waals surface area (Å²) < 4.78 is 5.00. The van der Waals surface area contributed by atoms with Crippen LogP contribution < -0.4 is 5.32 Å². The van der Waals surface area contributed by atoms with Crippen molar-refractivity contribution in [2.45, 2.75) is 19.9 Å². The maximum absolute atomic E-state index is 11.7.